The van der Waals surface area contributed by atoms with Crippen LogP contribution in [0.3, 0.4) is 0 Å². The van der Waals surface area contributed by atoms with Crippen molar-refractivity contribution in [3.63, 3.8) is 0 Å². The lowest BCUT2D eigenvalue weighted by Gasteiger charge is -2.13. The molecule has 20 heavy (non-hydrogen) atoms. The SMILES string of the molecule is CC(=O)Nc1cc(C)c(Cc2ccc(C)cc2)cc1C. The van der Waals surface area contributed by atoms with Gasteiger partial charge < -0.3 is 5.32 Å². The first-order valence-electron chi connectivity index (χ1n) is 6.89. The molecule has 0 aliphatic carbocycles. The smallest absolute Gasteiger partial charge is 0.221 e. The third-order valence-electron chi connectivity index (χ3n) is 3.51. The van der Waals surface area contributed by atoms with Crippen LogP contribution in [0, 0.1) is 20.8 Å². The van der Waals surface area contributed by atoms with E-state index in [1.54, 1.807) is 0 Å². The van der Waals surface area contributed by atoms with E-state index >= 15 is 0 Å². The van der Waals surface area contributed by atoms with Crippen molar-refractivity contribution < 1.29 is 4.79 Å². The fourth-order valence-corrected chi connectivity index (χ4v) is 2.32. The largest absolute Gasteiger partial charge is 0.326 e. The Hall–Kier alpha value is -2.09. The van der Waals surface area contributed by atoms with Gasteiger partial charge >= 0.3 is 0 Å². The summed E-state index contributed by atoms with van der Waals surface area (Å²) in [6, 6.07) is 12.9. The molecule has 2 nitrogen and oxygen atoms in total. The molecule has 0 unspecified atom stereocenters. The molecule has 0 aliphatic heterocycles. The summed E-state index contributed by atoms with van der Waals surface area (Å²) in [6.07, 6.45) is 0.924. The number of carbonyl (C=O) groups is 1. The Morgan fingerprint density at radius 2 is 1.65 bits per heavy atom. The van der Waals surface area contributed by atoms with Crippen molar-refractivity contribution in [1.29, 1.82) is 0 Å². The van der Waals surface area contributed by atoms with Crippen molar-refractivity contribution in [3.05, 3.63) is 64.2 Å². The number of hydrogen-bond acceptors (Lipinski definition) is 1. The Kier molecular flexibility index (Phi) is 4.23. The van der Waals surface area contributed by atoms with Crippen LogP contribution in [-0.4, -0.2) is 5.91 Å². The monoisotopic (exact) mass is 267 g/mol. The minimum atomic E-state index is -0.0289. The molecule has 2 aromatic carbocycles. The maximum Gasteiger partial charge on any atom is 0.221 e. The van der Waals surface area contributed by atoms with Gasteiger partial charge in [0.05, 0.1) is 0 Å². The van der Waals surface area contributed by atoms with E-state index in [1.165, 1.54) is 29.2 Å². The fraction of sp³-hybridized carbons (Fsp3) is 0.278. The zero-order chi connectivity index (χ0) is 14.7. The summed E-state index contributed by atoms with van der Waals surface area (Å²) >= 11 is 0. The highest BCUT2D eigenvalue weighted by molar-refractivity contribution is 5.89. The third-order valence-corrected chi connectivity index (χ3v) is 3.51. The Balaban J connectivity index is 2.26. The highest BCUT2D eigenvalue weighted by Gasteiger charge is 2.06. The molecule has 1 N–H and O–H groups in total. The van der Waals surface area contributed by atoms with E-state index in [0.717, 1.165) is 17.7 Å². The maximum atomic E-state index is 11.2. The van der Waals surface area contributed by atoms with E-state index in [4.69, 9.17) is 0 Å². The van der Waals surface area contributed by atoms with E-state index in [9.17, 15) is 4.79 Å². The Morgan fingerprint density at radius 3 is 2.25 bits per heavy atom. The van der Waals surface area contributed by atoms with Crippen LogP contribution < -0.4 is 5.32 Å². The van der Waals surface area contributed by atoms with Gasteiger partial charge in [-0.05, 0) is 55.5 Å². The second-order valence-electron chi connectivity index (χ2n) is 5.44. The van der Waals surface area contributed by atoms with Crippen LogP contribution in [0.25, 0.3) is 0 Å². The number of amides is 1. The minimum absolute atomic E-state index is 0.0289. The highest BCUT2D eigenvalue weighted by Crippen LogP contribution is 2.23. The molecule has 0 saturated carbocycles. The average Bonchev–Trinajstić information content (AvgIpc) is 2.37. The molecule has 0 saturated heterocycles. The lowest BCUT2D eigenvalue weighted by Crippen LogP contribution is -2.08. The van der Waals surface area contributed by atoms with Crippen molar-refractivity contribution in [2.24, 2.45) is 0 Å². The molecule has 2 aromatic rings. The second-order valence-corrected chi connectivity index (χ2v) is 5.44. The van der Waals surface area contributed by atoms with E-state index in [-0.39, 0.29) is 5.91 Å². The average molecular weight is 267 g/mol. The first-order chi connectivity index (χ1) is 9.45. The molecule has 0 bridgehead atoms. The summed E-state index contributed by atoms with van der Waals surface area (Å²) in [6.45, 7) is 7.76. The van der Waals surface area contributed by atoms with Gasteiger partial charge in [-0.15, -0.1) is 0 Å². The lowest BCUT2D eigenvalue weighted by atomic mass is 9.97. The van der Waals surface area contributed by atoms with Crippen LogP contribution in [0.1, 0.15) is 34.7 Å². The third kappa shape index (κ3) is 3.47. The zero-order valence-corrected chi connectivity index (χ0v) is 12.6. The number of carbonyl (C=O) groups excluding carboxylic acids is 1. The molecular weight excluding hydrogens is 246 g/mol. The summed E-state index contributed by atoms with van der Waals surface area (Å²) in [5.74, 6) is -0.0289. The molecule has 0 spiro atoms. The summed E-state index contributed by atoms with van der Waals surface area (Å²) in [5, 5.41) is 2.87. The van der Waals surface area contributed by atoms with E-state index in [2.05, 4.69) is 55.6 Å². The van der Waals surface area contributed by atoms with Gasteiger partial charge in [-0.25, -0.2) is 0 Å². The topological polar surface area (TPSA) is 29.1 Å². The van der Waals surface area contributed by atoms with E-state index in [1.807, 2.05) is 6.92 Å². The van der Waals surface area contributed by atoms with E-state index < -0.39 is 0 Å². The van der Waals surface area contributed by atoms with Gasteiger partial charge in [-0.3, -0.25) is 4.79 Å². The van der Waals surface area contributed by atoms with Gasteiger partial charge in [-0.1, -0.05) is 35.9 Å². The number of anilines is 1. The Bertz CT molecular complexity index is 627. The molecule has 0 heterocycles. The molecule has 0 aromatic heterocycles. The normalized spacial score (nSPS) is 10.4. The molecular formula is C18H21NO. The van der Waals surface area contributed by atoms with Crippen LogP contribution in [0.5, 0.6) is 0 Å². The van der Waals surface area contributed by atoms with Gasteiger partial charge in [0.2, 0.25) is 5.91 Å². The first kappa shape index (κ1) is 14.3. The minimum Gasteiger partial charge on any atom is -0.326 e. The van der Waals surface area contributed by atoms with Gasteiger partial charge in [0.1, 0.15) is 0 Å². The van der Waals surface area contributed by atoms with Gasteiger partial charge in [0.25, 0.3) is 0 Å². The van der Waals surface area contributed by atoms with Crippen LogP contribution in [0.2, 0.25) is 0 Å². The predicted molar refractivity (Wildman–Crippen MR) is 84.2 cm³/mol. The summed E-state index contributed by atoms with van der Waals surface area (Å²) in [5.41, 5.74) is 7.11. The summed E-state index contributed by atoms with van der Waals surface area (Å²) in [7, 11) is 0. The van der Waals surface area contributed by atoms with Crippen molar-refractivity contribution in [2.75, 3.05) is 5.32 Å². The number of rotatable bonds is 3. The van der Waals surface area contributed by atoms with Crippen molar-refractivity contribution in [2.45, 2.75) is 34.1 Å². The molecule has 0 fully saturated rings. The summed E-state index contributed by atoms with van der Waals surface area (Å²) < 4.78 is 0. The van der Waals surface area contributed by atoms with E-state index in [0.29, 0.717) is 0 Å². The number of hydrogen-bond donors (Lipinski definition) is 1. The predicted octanol–water partition coefficient (Wildman–Crippen LogP) is 4.16. The summed E-state index contributed by atoms with van der Waals surface area (Å²) in [4.78, 5) is 11.2. The van der Waals surface area contributed by atoms with Crippen LogP contribution >= 0.6 is 0 Å². The van der Waals surface area contributed by atoms with Crippen molar-refractivity contribution in [1.82, 2.24) is 0 Å². The molecule has 0 atom stereocenters. The second kappa shape index (κ2) is 5.91. The number of benzene rings is 2. The Labute approximate surface area is 120 Å². The Morgan fingerprint density at radius 1 is 1.00 bits per heavy atom. The van der Waals surface area contributed by atoms with Crippen LogP contribution in [0.4, 0.5) is 5.69 Å². The fourth-order valence-electron chi connectivity index (χ4n) is 2.32. The van der Waals surface area contributed by atoms with Gasteiger partial charge in [-0.2, -0.15) is 0 Å². The maximum absolute atomic E-state index is 11.2. The highest BCUT2D eigenvalue weighted by atomic mass is 16.1. The van der Waals surface area contributed by atoms with Gasteiger partial charge in [0.15, 0.2) is 0 Å². The quantitative estimate of drug-likeness (QED) is 0.888. The molecule has 2 rings (SSSR count). The first-order valence-corrected chi connectivity index (χ1v) is 6.89. The van der Waals surface area contributed by atoms with Crippen molar-refractivity contribution in [3.8, 4) is 0 Å². The van der Waals surface area contributed by atoms with Gasteiger partial charge in [0, 0.05) is 12.6 Å². The van der Waals surface area contributed by atoms with Crippen LogP contribution in [0.15, 0.2) is 36.4 Å². The van der Waals surface area contributed by atoms with Crippen molar-refractivity contribution >= 4 is 11.6 Å². The zero-order valence-electron chi connectivity index (χ0n) is 12.6. The number of aryl methyl sites for hydroxylation is 3. The van der Waals surface area contributed by atoms with Crippen LogP contribution in [-0.2, 0) is 11.2 Å². The molecule has 104 valence electrons. The number of nitrogens with one attached hydrogen (secondary N) is 1. The molecule has 2 heteroatoms. The molecule has 0 aliphatic rings. The lowest BCUT2D eigenvalue weighted by molar-refractivity contribution is -0.114. The standard InChI is InChI=1S/C18H21NO/c1-12-5-7-16(8-6-12)11-17-9-14(3)18(10-13(17)2)19-15(4)20/h5-10H,11H2,1-4H3,(H,19,20). The molecule has 1 amide bonds. The molecule has 0 radical (unpaired) electrons.